The van der Waals surface area contributed by atoms with Crippen LogP contribution in [-0.2, 0) is 16.4 Å². The van der Waals surface area contributed by atoms with Crippen molar-refractivity contribution in [2.24, 2.45) is 0 Å². The Kier molecular flexibility index (Phi) is 6.03. The zero-order chi connectivity index (χ0) is 17.8. The summed E-state index contributed by atoms with van der Waals surface area (Å²) in [5, 5.41) is 10.5. The molecule has 2 rings (SSSR count). The Bertz CT molecular complexity index is 788. The lowest BCUT2D eigenvalue weighted by molar-refractivity contribution is 0.0657. The van der Waals surface area contributed by atoms with Gasteiger partial charge in [0, 0.05) is 17.4 Å². The largest absolute Gasteiger partial charge is 0.497 e. The second-order valence-electron chi connectivity index (χ2n) is 5.78. The van der Waals surface area contributed by atoms with Gasteiger partial charge in [-0.05, 0) is 52.7 Å². The number of sulfonamides is 1. The highest BCUT2D eigenvalue weighted by Gasteiger charge is 2.25. The summed E-state index contributed by atoms with van der Waals surface area (Å²) in [4.78, 5) is 0.144. The quantitative estimate of drug-likeness (QED) is 0.731. The molecule has 2 N–H and O–H groups in total. The Morgan fingerprint density at radius 2 is 1.79 bits per heavy atom. The van der Waals surface area contributed by atoms with Crippen LogP contribution in [-0.4, -0.2) is 32.8 Å². The van der Waals surface area contributed by atoms with Crippen molar-refractivity contribution in [3.05, 3.63) is 58.6 Å². The second-order valence-corrected chi connectivity index (χ2v) is 8.37. The molecule has 0 saturated carbocycles. The third-order valence-electron chi connectivity index (χ3n) is 3.51. The van der Waals surface area contributed by atoms with Gasteiger partial charge in [-0.1, -0.05) is 24.3 Å². The predicted molar refractivity (Wildman–Crippen MR) is 96.7 cm³/mol. The van der Waals surface area contributed by atoms with E-state index in [0.29, 0.717) is 10.9 Å². The Morgan fingerprint density at radius 3 is 2.38 bits per heavy atom. The standard InChI is InChI=1S/C17H20BrNO4S/c1-17(20,11-13-7-9-14(23-2)10-8-13)12-19-24(21,22)16-6-4-3-5-15(16)18/h3-10,19-20H,11-12H2,1-2H3. The fraction of sp³-hybridized carbons (Fsp3) is 0.294. The number of halogens is 1. The van der Waals surface area contributed by atoms with E-state index in [4.69, 9.17) is 4.74 Å². The summed E-state index contributed by atoms with van der Waals surface area (Å²) in [6, 6.07) is 13.8. The Labute approximate surface area is 150 Å². The lowest BCUT2D eigenvalue weighted by Crippen LogP contribution is -2.42. The molecule has 0 radical (unpaired) electrons. The monoisotopic (exact) mass is 413 g/mol. The van der Waals surface area contributed by atoms with E-state index in [9.17, 15) is 13.5 Å². The molecule has 2 aromatic carbocycles. The SMILES string of the molecule is COc1ccc(CC(C)(O)CNS(=O)(=O)c2ccccc2Br)cc1. The summed E-state index contributed by atoms with van der Waals surface area (Å²) >= 11 is 3.23. The van der Waals surface area contributed by atoms with Crippen LogP contribution in [0.25, 0.3) is 0 Å². The van der Waals surface area contributed by atoms with Gasteiger partial charge in [0.05, 0.1) is 17.6 Å². The van der Waals surface area contributed by atoms with Crippen molar-refractivity contribution in [2.45, 2.75) is 23.8 Å². The van der Waals surface area contributed by atoms with Gasteiger partial charge in [-0.25, -0.2) is 13.1 Å². The smallest absolute Gasteiger partial charge is 0.241 e. The number of benzene rings is 2. The van der Waals surface area contributed by atoms with Gasteiger partial charge in [0.1, 0.15) is 5.75 Å². The molecule has 0 heterocycles. The molecule has 1 unspecified atom stereocenters. The van der Waals surface area contributed by atoms with E-state index in [0.717, 1.165) is 11.3 Å². The van der Waals surface area contributed by atoms with Gasteiger partial charge in [-0.3, -0.25) is 0 Å². The average Bonchev–Trinajstić information content (AvgIpc) is 2.54. The van der Waals surface area contributed by atoms with E-state index in [1.165, 1.54) is 6.07 Å². The molecule has 5 nitrogen and oxygen atoms in total. The third kappa shape index (κ3) is 5.04. The van der Waals surface area contributed by atoms with Gasteiger partial charge in [0.25, 0.3) is 0 Å². The number of hydrogen-bond donors (Lipinski definition) is 2. The van der Waals surface area contributed by atoms with Gasteiger partial charge < -0.3 is 9.84 Å². The molecule has 0 aliphatic heterocycles. The van der Waals surface area contributed by atoms with E-state index in [2.05, 4.69) is 20.7 Å². The molecule has 7 heteroatoms. The van der Waals surface area contributed by atoms with Crippen LogP contribution in [0, 0.1) is 0 Å². The first kappa shape index (κ1) is 18.9. The minimum atomic E-state index is -3.70. The van der Waals surface area contributed by atoms with Crippen molar-refractivity contribution < 1.29 is 18.3 Å². The van der Waals surface area contributed by atoms with Gasteiger partial charge in [-0.2, -0.15) is 0 Å². The summed E-state index contributed by atoms with van der Waals surface area (Å²) in [5.74, 6) is 0.730. The van der Waals surface area contributed by atoms with E-state index in [1.54, 1.807) is 44.4 Å². The summed E-state index contributed by atoms with van der Waals surface area (Å²) in [7, 11) is -2.12. The highest BCUT2D eigenvalue weighted by atomic mass is 79.9. The number of nitrogens with one attached hydrogen (secondary N) is 1. The summed E-state index contributed by atoms with van der Waals surface area (Å²) < 4.78 is 32.8. The van der Waals surface area contributed by atoms with Crippen molar-refractivity contribution in [3.8, 4) is 5.75 Å². The normalized spacial score (nSPS) is 14.2. The van der Waals surface area contributed by atoms with Crippen molar-refractivity contribution in [3.63, 3.8) is 0 Å². The Balaban J connectivity index is 2.04. The van der Waals surface area contributed by atoms with Gasteiger partial charge in [-0.15, -0.1) is 0 Å². The second kappa shape index (κ2) is 7.65. The molecule has 130 valence electrons. The zero-order valence-corrected chi connectivity index (χ0v) is 15.9. The molecular formula is C17H20BrNO4S. The van der Waals surface area contributed by atoms with Gasteiger partial charge >= 0.3 is 0 Å². The average molecular weight is 414 g/mol. The summed E-state index contributed by atoms with van der Waals surface area (Å²) in [6.07, 6.45) is 0.315. The van der Waals surface area contributed by atoms with E-state index in [1.807, 2.05) is 12.1 Å². The molecule has 0 aliphatic carbocycles. The highest BCUT2D eigenvalue weighted by molar-refractivity contribution is 9.10. The highest BCUT2D eigenvalue weighted by Crippen LogP contribution is 2.22. The fourth-order valence-corrected chi connectivity index (χ4v) is 4.40. The Hall–Kier alpha value is -1.41. The molecule has 0 fully saturated rings. The van der Waals surface area contributed by atoms with Crippen molar-refractivity contribution in [1.82, 2.24) is 4.72 Å². The number of methoxy groups -OCH3 is 1. The van der Waals surface area contributed by atoms with Crippen LogP contribution in [0.15, 0.2) is 57.9 Å². The van der Waals surface area contributed by atoms with Gasteiger partial charge in [0.15, 0.2) is 0 Å². The molecule has 0 aliphatic rings. The first-order valence-electron chi connectivity index (χ1n) is 7.33. The number of aliphatic hydroxyl groups is 1. The summed E-state index contributed by atoms with van der Waals surface area (Å²) in [5.41, 5.74) is -0.330. The van der Waals surface area contributed by atoms with Crippen LogP contribution < -0.4 is 9.46 Å². The number of ether oxygens (including phenoxy) is 1. The topological polar surface area (TPSA) is 75.6 Å². The maximum Gasteiger partial charge on any atom is 0.241 e. The van der Waals surface area contributed by atoms with Crippen LogP contribution in [0.3, 0.4) is 0 Å². The van der Waals surface area contributed by atoms with Crippen LogP contribution >= 0.6 is 15.9 Å². The minimum Gasteiger partial charge on any atom is -0.497 e. The molecule has 0 amide bonds. The molecule has 2 aromatic rings. The molecule has 0 aromatic heterocycles. The number of rotatable bonds is 7. The molecule has 0 spiro atoms. The predicted octanol–water partition coefficient (Wildman–Crippen LogP) is 2.73. The molecule has 0 bridgehead atoms. The maximum absolute atomic E-state index is 12.4. The van der Waals surface area contributed by atoms with Crippen LogP contribution in [0.4, 0.5) is 0 Å². The lowest BCUT2D eigenvalue weighted by Gasteiger charge is -2.24. The molecule has 24 heavy (non-hydrogen) atoms. The minimum absolute atomic E-state index is 0.0945. The zero-order valence-electron chi connectivity index (χ0n) is 13.5. The van der Waals surface area contributed by atoms with E-state index < -0.39 is 15.6 Å². The van der Waals surface area contributed by atoms with E-state index >= 15 is 0 Å². The van der Waals surface area contributed by atoms with Crippen molar-refractivity contribution >= 4 is 26.0 Å². The van der Waals surface area contributed by atoms with Crippen molar-refractivity contribution in [2.75, 3.05) is 13.7 Å². The van der Waals surface area contributed by atoms with E-state index in [-0.39, 0.29) is 11.4 Å². The third-order valence-corrected chi connectivity index (χ3v) is 5.93. The molecule has 1 atom stereocenters. The van der Waals surface area contributed by atoms with Gasteiger partial charge in [0.2, 0.25) is 10.0 Å². The molecule has 0 saturated heterocycles. The number of hydrogen-bond acceptors (Lipinski definition) is 4. The maximum atomic E-state index is 12.4. The molecular weight excluding hydrogens is 394 g/mol. The van der Waals surface area contributed by atoms with Crippen LogP contribution in [0.2, 0.25) is 0 Å². The first-order chi connectivity index (χ1) is 11.2. The lowest BCUT2D eigenvalue weighted by atomic mass is 9.97. The fourth-order valence-electron chi connectivity index (χ4n) is 2.24. The van der Waals surface area contributed by atoms with Crippen molar-refractivity contribution in [1.29, 1.82) is 0 Å². The Morgan fingerprint density at radius 1 is 1.17 bits per heavy atom. The first-order valence-corrected chi connectivity index (χ1v) is 9.61. The van der Waals surface area contributed by atoms with Crippen LogP contribution in [0.5, 0.6) is 5.75 Å². The summed E-state index contributed by atoms with van der Waals surface area (Å²) in [6.45, 7) is 1.50. The van der Waals surface area contributed by atoms with Crippen LogP contribution in [0.1, 0.15) is 12.5 Å².